The molecule has 98 valence electrons. The maximum Gasteiger partial charge on any atom is 0.144 e. The Morgan fingerprint density at radius 3 is 2.61 bits per heavy atom. The molecule has 0 aromatic heterocycles. The van der Waals surface area contributed by atoms with E-state index in [1.54, 1.807) is 0 Å². The Kier molecular flexibility index (Phi) is 4.46. The Morgan fingerprint density at radius 2 is 2.06 bits per heavy atom. The SMILES string of the molecule is NCC1(C(=O)Cc2ccc(Br)cc2Cl)CCCC1. The van der Waals surface area contributed by atoms with Crippen molar-refractivity contribution in [1.29, 1.82) is 0 Å². The third kappa shape index (κ3) is 2.79. The number of halogens is 2. The predicted octanol–water partition coefficient (Wildman–Crippen LogP) is 3.73. The molecule has 0 heterocycles. The van der Waals surface area contributed by atoms with Crippen molar-refractivity contribution in [3.8, 4) is 0 Å². The Hall–Kier alpha value is -0.380. The van der Waals surface area contributed by atoms with Crippen molar-refractivity contribution in [3.05, 3.63) is 33.3 Å². The summed E-state index contributed by atoms with van der Waals surface area (Å²) in [7, 11) is 0. The van der Waals surface area contributed by atoms with E-state index < -0.39 is 0 Å². The molecule has 0 radical (unpaired) electrons. The van der Waals surface area contributed by atoms with Crippen LogP contribution >= 0.6 is 27.5 Å². The fraction of sp³-hybridized carbons (Fsp3) is 0.500. The van der Waals surface area contributed by atoms with Gasteiger partial charge in [-0.1, -0.05) is 46.4 Å². The lowest BCUT2D eigenvalue weighted by molar-refractivity contribution is -0.127. The van der Waals surface area contributed by atoms with Gasteiger partial charge in [0.25, 0.3) is 0 Å². The fourth-order valence-corrected chi connectivity index (χ4v) is 3.41. The molecule has 2 rings (SSSR count). The predicted molar refractivity (Wildman–Crippen MR) is 77.8 cm³/mol. The topological polar surface area (TPSA) is 43.1 Å². The van der Waals surface area contributed by atoms with E-state index in [1.807, 2.05) is 18.2 Å². The van der Waals surface area contributed by atoms with Crippen LogP contribution in [0.4, 0.5) is 0 Å². The van der Waals surface area contributed by atoms with Gasteiger partial charge in [0.2, 0.25) is 0 Å². The lowest BCUT2D eigenvalue weighted by Crippen LogP contribution is -2.37. The summed E-state index contributed by atoms with van der Waals surface area (Å²) in [5, 5.41) is 0.642. The Balaban J connectivity index is 2.15. The molecular formula is C14H17BrClNO. The van der Waals surface area contributed by atoms with Crippen LogP contribution in [0, 0.1) is 5.41 Å². The molecule has 0 saturated heterocycles. The molecule has 1 aliphatic carbocycles. The molecule has 2 N–H and O–H groups in total. The van der Waals surface area contributed by atoms with Gasteiger partial charge in [-0.25, -0.2) is 0 Å². The molecule has 0 bridgehead atoms. The minimum absolute atomic E-state index is 0.242. The van der Waals surface area contributed by atoms with E-state index in [1.165, 1.54) is 0 Å². The van der Waals surface area contributed by atoms with Gasteiger partial charge >= 0.3 is 0 Å². The summed E-state index contributed by atoms with van der Waals surface area (Å²) in [6.45, 7) is 0.458. The van der Waals surface area contributed by atoms with Crippen LogP contribution in [0.5, 0.6) is 0 Å². The van der Waals surface area contributed by atoms with E-state index in [9.17, 15) is 4.79 Å². The summed E-state index contributed by atoms with van der Waals surface area (Å²) in [6, 6.07) is 5.65. The Morgan fingerprint density at radius 1 is 1.39 bits per heavy atom. The minimum atomic E-state index is -0.295. The lowest BCUT2D eigenvalue weighted by atomic mass is 9.79. The van der Waals surface area contributed by atoms with Crippen LogP contribution in [-0.4, -0.2) is 12.3 Å². The van der Waals surface area contributed by atoms with Crippen molar-refractivity contribution in [2.75, 3.05) is 6.54 Å². The fourth-order valence-electron chi connectivity index (χ4n) is 2.67. The van der Waals surface area contributed by atoms with Crippen LogP contribution in [0.3, 0.4) is 0 Å². The summed E-state index contributed by atoms with van der Waals surface area (Å²) in [5.41, 5.74) is 6.42. The highest BCUT2D eigenvalue weighted by Gasteiger charge is 2.39. The van der Waals surface area contributed by atoms with Crippen molar-refractivity contribution in [3.63, 3.8) is 0 Å². The molecule has 0 aliphatic heterocycles. The molecule has 0 unspecified atom stereocenters. The Bertz CT molecular complexity index is 455. The van der Waals surface area contributed by atoms with Crippen LogP contribution in [0.25, 0.3) is 0 Å². The smallest absolute Gasteiger partial charge is 0.144 e. The van der Waals surface area contributed by atoms with Crippen LogP contribution < -0.4 is 5.73 Å². The quantitative estimate of drug-likeness (QED) is 0.914. The first-order valence-corrected chi connectivity index (χ1v) is 7.42. The number of carbonyl (C=O) groups excluding carboxylic acids is 1. The van der Waals surface area contributed by atoms with Gasteiger partial charge in [-0.05, 0) is 30.5 Å². The molecule has 1 fully saturated rings. The highest BCUT2D eigenvalue weighted by molar-refractivity contribution is 9.10. The normalized spacial score (nSPS) is 17.9. The minimum Gasteiger partial charge on any atom is -0.329 e. The molecule has 1 saturated carbocycles. The number of ketones is 1. The summed E-state index contributed by atoms with van der Waals surface area (Å²) in [6.07, 6.45) is 4.46. The molecule has 18 heavy (non-hydrogen) atoms. The summed E-state index contributed by atoms with van der Waals surface area (Å²) < 4.78 is 0.929. The second-order valence-corrected chi connectivity index (χ2v) is 6.35. The lowest BCUT2D eigenvalue weighted by Gasteiger charge is -2.25. The van der Waals surface area contributed by atoms with Crippen molar-refractivity contribution in [2.45, 2.75) is 32.1 Å². The molecule has 1 aromatic rings. The van der Waals surface area contributed by atoms with Gasteiger partial charge in [0.1, 0.15) is 5.78 Å². The van der Waals surface area contributed by atoms with E-state index in [4.69, 9.17) is 17.3 Å². The summed E-state index contributed by atoms with van der Waals surface area (Å²) >= 11 is 9.52. The summed E-state index contributed by atoms with van der Waals surface area (Å²) in [4.78, 5) is 12.5. The number of carbonyl (C=O) groups is 1. The van der Waals surface area contributed by atoms with Crippen molar-refractivity contribution in [2.24, 2.45) is 11.1 Å². The van der Waals surface area contributed by atoms with E-state index in [-0.39, 0.29) is 11.2 Å². The van der Waals surface area contributed by atoms with Crippen molar-refractivity contribution in [1.82, 2.24) is 0 Å². The third-order valence-electron chi connectivity index (χ3n) is 3.91. The molecule has 0 atom stereocenters. The van der Waals surface area contributed by atoms with Gasteiger partial charge < -0.3 is 5.73 Å². The molecular weight excluding hydrogens is 314 g/mol. The van der Waals surface area contributed by atoms with Crippen LogP contribution in [0.15, 0.2) is 22.7 Å². The van der Waals surface area contributed by atoms with Crippen LogP contribution in [0.1, 0.15) is 31.2 Å². The zero-order valence-corrected chi connectivity index (χ0v) is 12.6. The number of hydrogen-bond donors (Lipinski definition) is 1. The first-order chi connectivity index (χ1) is 8.57. The average molecular weight is 331 g/mol. The second-order valence-electron chi connectivity index (χ2n) is 5.03. The van der Waals surface area contributed by atoms with E-state index in [2.05, 4.69) is 15.9 Å². The van der Waals surface area contributed by atoms with Crippen LogP contribution in [-0.2, 0) is 11.2 Å². The molecule has 2 nitrogen and oxygen atoms in total. The monoisotopic (exact) mass is 329 g/mol. The van der Waals surface area contributed by atoms with E-state index in [0.29, 0.717) is 18.0 Å². The van der Waals surface area contributed by atoms with Gasteiger partial charge in [-0.15, -0.1) is 0 Å². The van der Waals surface area contributed by atoms with Gasteiger partial charge in [-0.2, -0.15) is 0 Å². The van der Waals surface area contributed by atoms with E-state index >= 15 is 0 Å². The van der Waals surface area contributed by atoms with Crippen molar-refractivity contribution < 1.29 is 4.79 Å². The van der Waals surface area contributed by atoms with Gasteiger partial charge in [0.15, 0.2) is 0 Å². The molecule has 4 heteroatoms. The zero-order valence-electron chi connectivity index (χ0n) is 10.2. The number of hydrogen-bond acceptors (Lipinski definition) is 2. The van der Waals surface area contributed by atoms with E-state index in [0.717, 1.165) is 35.7 Å². The number of benzene rings is 1. The maximum atomic E-state index is 12.5. The van der Waals surface area contributed by atoms with Gasteiger partial charge in [0.05, 0.1) is 0 Å². The van der Waals surface area contributed by atoms with Crippen molar-refractivity contribution >= 4 is 33.3 Å². The average Bonchev–Trinajstić information content (AvgIpc) is 2.82. The maximum absolute atomic E-state index is 12.5. The third-order valence-corrected chi connectivity index (χ3v) is 4.75. The molecule has 0 amide bonds. The number of rotatable bonds is 4. The van der Waals surface area contributed by atoms with Gasteiger partial charge in [-0.3, -0.25) is 4.79 Å². The number of nitrogens with two attached hydrogens (primary N) is 1. The van der Waals surface area contributed by atoms with Crippen LogP contribution in [0.2, 0.25) is 5.02 Å². The standard InChI is InChI=1S/C14H17BrClNO/c15-11-4-3-10(12(16)8-11)7-13(18)14(9-17)5-1-2-6-14/h3-4,8H,1-2,5-7,9,17H2. The highest BCUT2D eigenvalue weighted by Crippen LogP contribution is 2.39. The van der Waals surface area contributed by atoms with Gasteiger partial charge in [0, 0.05) is 27.9 Å². The summed E-state index contributed by atoms with van der Waals surface area (Å²) in [5.74, 6) is 0.242. The Labute approximate surface area is 121 Å². The zero-order chi connectivity index (χ0) is 13.2. The first-order valence-electron chi connectivity index (χ1n) is 6.25. The molecule has 1 aliphatic rings. The molecule has 1 aromatic carbocycles. The largest absolute Gasteiger partial charge is 0.329 e. The first kappa shape index (κ1) is 14.0. The molecule has 0 spiro atoms. The second kappa shape index (κ2) is 5.72. The number of Topliss-reactive ketones (excluding diaryl/α,β-unsaturated/α-hetero) is 1. The highest BCUT2D eigenvalue weighted by atomic mass is 79.9.